The molecular weight excluding hydrogens is 1770 g/mol. The monoisotopic (exact) mass is 1830 g/mol. The lowest BCUT2D eigenvalue weighted by Gasteiger charge is -2.15. The highest BCUT2D eigenvalue weighted by Gasteiger charge is 2.38. The fraction of sp³-hybridized carbons (Fsp3) is 0.186. The van der Waals surface area contributed by atoms with Crippen molar-refractivity contribution in [1.82, 2.24) is 0 Å². The van der Waals surface area contributed by atoms with Crippen molar-refractivity contribution in [2.24, 2.45) is 0 Å². The highest BCUT2D eigenvalue weighted by Crippen LogP contribution is 2.47. The Morgan fingerprint density at radius 3 is 1.16 bits per heavy atom. The number of hydrogen-bond acceptors (Lipinski definition) is 21. The molecule has 21 nitrogen and oxygen atoms in total. The zero-order valence-electron chi connectivity index (χ0n) is 64.0. The van der Waals surface area contributed by atoms with E-state index in [-0.39, 0.29) is 86.8 Å². The van der Waals surface area contributed by atoms with Crippen molar-refractivity contribution in [2.45, 2.75) is 111 Å². The van der Waals surface area contributed by atoms with Crippen LogP contribution in [0.3, 0.4) is 0 Å². The van der Waals surface area contributed by atoms with Gasteiger partial charge in [0.15, 0.2) is 49.2 Å². The number of halogens is 6. The van der Waals surface area contributed by atoms with Crippen LogP contribution in [0.5, 0.6) is 5.75 Å². The van der Waals surface area contributed by atoms with Gasteiger partial charge in [-0.3, -0.25) is 0 Å². The number of carbonyl (C=O) groups is 4. The number of thiophene rings is 4. The zero-order chi connectivity index (χ0) is 88.8. The molecule has 36 heteroatoms. The minimum atomic E-state index is -4.68. The van der Waals surface area contributed by atoms with Crippen molar-refractivity contribution in [3.8, 4) is 59.7 Å². The van der Waals surface area contributed by atoms with Crippen molar-refractivity contribution in [3.63, 3.8) is 0 Å². The Hall–Kier alpha value is -11.5. The molecule has 2 aliphatic rings. The van der Waals surface area contributed by atoms with Crippen molar-refractivity contribution < 1.29 is 113 Å². The van der Waals surface area contributed by atoms with Crippen molar-refractivity contribution in [3.05, 3.63) is 293 Å². The smallest absolute Gasteiger partial charge is 0.416 e. The number of benzene rings is 8. The average Bonchev–Trinajstić information content (AvgIpc) is 0.986. The van der Waals surface area contributed by atoms with Crippen LogP contribution in [-0.2, 0) is 91.0 Å². The number of sulfone groups is 5. The summed E-state index contributed by atoms with van der Waals surface area (Å²) in [5, 5.41) is 60.9. The van der Waals surface area contributed by atoms with Gasteiger partial charge in [-0.15, -0.1) is 45.3 Å². The number of methoxy groups -OCH3 is 1. The first-order valence-electron chi connectivity index (χ1n) is 36.2. The van der Waals surface area contributed by atoms with Crippen LogP contribution in [0.4, 0.5) is 26.3 Å². The highest BCUT2D eigenvalue weighted by molar-refractivity contribution is 7.92. The molecule has 8 aromatic carbocycles. The first-order chi connectivity index (χ1) is 57.4. The fourth-order valence-electron chi connectivity index (χ4n) is 13.1. The highest BCUT2D eigenvalue weighted by atomic mass is 32.2. The summed E-state index contributed by atoms with van der Waals surface area (Å²) in [6.45, 7) is 1.69. The van der Waals surface area contributed by atoms with Crippen LogP contribution in [0.2, 0.25) is 0 Å². The van der Waals surface area contributed by atoms with Gasteiger partial charge in [0.1, 0.15) is 21.6 Å². The van der Waals surface area contributed by atoms with E-state index in [1.165, 1.54) is 120 Å². The number of aryl methyl sites for hydroxylation is 1. The third-order valence-corrected chi connectivity index (χ3v) is 31.0. The molecule has 2 fully saturated rings. The van der Waals surface area contributed by atoms with E-state index in [1.54, 1.807) is 60.8 Å². The number of carboxylic acid groups (broad SMARTS) is 4. The van der Waals surface area contributed by atoms with E-state index in [1.807, 2.05) is 41.1 Å². The fourth-order valence-corrected chi connectivity index (χ4v) is 23.7. The van der Waals surface area contributed by atoms with Gasteiger partial charge in [-0.05, 0) is 255 Å². The van der Waals surface area contributed by atoms with Crippen LogP contribution < -0.4 is 4.74 Å². The first-order valence-corrected chi connectivity index (χ1v) is 48.2. The standard InChI is InChI=1S/C22H16F3NO4S2.C22H17F3O4S2.C22H17NO4S2.C20H18O7S3/c1-2-13-3-4-14(21(27)28)10-20(13)32(29,30)12-15-9-16(22(23,24)25)5-7-18(15)19-8-6-17(11-26)31-19;23-22(24,25)16-6-8-17(19-2-1-9-30-19)15(10-16)12-31(28,29)20-11-14(21(26)27)5-7-18(20)13-3-4-13;23-12-14-3-7-18(20-2-1-9-28-20)17(10-14)13-29(26,27)21-11-16(22(24)25)6-8-19(21)15-4-5-15;1-27-17-8-5-13(20(21)22)11-19(17)30(25,26)12-14-10-15(29(2,23)24)6-7-16(14)18-4-3-9-28-18/h3-10H,2,12H2,1H3,(H,27,28);1-2,5-11,13H,3-4,12H2,(H,26,27);1-3,6-11,15H,4-5,13H2,(H,24,25);3-11H,12H2,1-2H3,(H,21,22). The van der Waals surface area contributed by atoms with Gasteiger partial charge in [-0.2, -0.15) is 36.9 Å². The van der Waals surface area contributed by atoms with Crippen LogP contribution in [-0.4, -0.2) is 99.8 Å². The normalized spacial score (nSPS) is 13.0. The molecular formula is C86H68F6N2O19S9. The maximum Gasteiger partial charge on any atom is 0.416 e. The molecule has 0 aliphatic heterocycles. The summed E-state index contributed by atoms with van der Waals surface area (Å²) in [4.78, 5) is 48.0. The van der Waals surface area contributed by atoms with E-state index in [0.717, 1.165) is 101 Å². The molecule has 12 aromatic rings. The number of nitrogens with zero attached hydrogens (tertiary/aromatic N) is 2. The first kappa shape index (κ1) is 91.3. The van der Waals surface area contributed by atoms with Crippen molar-refractivity contribution in [1.29, 1.82) is 10.5 Å². The number of aromatic carboxylic acids is 4. The van der Waals surface area contributed by atoms with Gasteiger partial charge >= 0.3 is 36.2 Å². The minimum absolute atomic E-state index is 0.000687. The zero-order valence-corrected chi connectivity index (χ0v) is 71.3. The van der Waals surface area contributed by atoms with E-state index in [2.05, 4.69) is 6.07 Å². The molecule has 4 aromatic heterocycles. The molecule has 122 heavy (non-hydrogen) atoms. The lowest BCUT2D eigenvalue weighted by molar-refractivity contribution is -0.138. The number of alkyl halides is 6. The number of hydrogen-bond donors (Lipinski definition) is 4. The van der Waals surface area contributed by atoms with E-state index < -0.39 is 114 Å². The summed E-state index contributed by atoms with van der Waals surface area (Å²) in [6.07, 6.45) is -4.57. The van der Waals surface area contributed by atoms with Crippen LogP contribution in [0.25, 0.3) is 41.8 Å². The predicted molar refractivity (Wildman–Crippen MR) is 449 cm³/mol. The SMILES string of the molecule is CCc1ccc(C(=O)O)cc1S(=O)(=O)Cc1cc(C(F)(F)F)ccc1-c1ccc(C#N)s1.COc1ccc(C(=O)O)cc1S(=O)(=O)Cc1cc(S(C)(=O)=O)ccc1-c1cccs1.N#Cc1ccc(-c2cccs2)c(CS(=O)(=O)c2cc(C(=O)O)ccc2C2CC2)c1.O=C(O)c1ccc(C2CC2)c(S(=O)(=O)Cc2cc(C(F)(F)F)ccc2-c2cccs2)c1. The van der Waals surface area contributed by atoms with Crippen molar-refractivity contribution >= 4 is 118 Å². The van der Waals surface area contributed by atoms with E-state index in [9.17, 15) is 113 Å². The summed E-state index contributed by atoms with van der Waals surface area (Å²) < 4.78 is 215. The molecule has 0 bridgehead atoms. The molecule has 0 spiro atoms. The largest absolute Gasteiger partial charge is 0.495 e. The number of ether oxygens (including phenoxy) is 1. The molecule has 632 valence electrons. The van der Waals surface area contributed by atoms with Crippen LogP contribution in [0.15, 0.2) is 235 Å². The summed E-state index contributed by atoms with van der Waals surface area (Å²) in [7, 11) is -18.4. The maximum absolute atomic E-state index is 13.4. The molecule has 14 rings (SSSR count). The van der Waals surface area contributed by atoms with Crippen LogP contribution in [0.1, 0.15) is 146 Å². The Balaban J connectivity index is 0.000000159. The second-order valence-corrected chi connectivity index (χ2v) is 41.6. The molecule has 0 unspecified atom stereocenters. The number of nitriles is 2. The van der Waals surface area contributed by atoms with E-state index in [0.29, 0.717) is 65.6 Å². The maximum atomic E-state index is 13.4. The van der Waals surface area contributed by atoms with Crippen LogP contribution >= 0.6 is 45.3 Å². The second-order valence-electron chi connectivity index (χ2n) is 27.9. The summed E-state index contributed by atoms with van der Waals surface area (Å²) >= 11 is 5.22. The van der Waals surface area contributed by atoms with Crippen molar-refractivity contribution in [2.75, 3.05) is 13.4 Å². The molecule has 0 amide bonds. The molecule has 4 heterocycles. The minimum Gasteiger partial charge on any atom is -0.495 e. The number of carboxylic acids is 4. The third kappa shape index (κ3) is 22.1. The molecule has 2 saturated carbocycles. The summed E-state index contributed by atoms with van der Waals surface area (Å²) in [6, 6.07) is 48.8. The summed E-state index contributed by atoms with van der Waals surface area (Å²) in [5.74, 6) is -7.06. The predicted octanol–water partition coefficient (Wildman–Crippen LogP) is 19.9. The van der Waals surface area contributed by atoms with Gasteiger partial charge in [0.05, 0.1) is 94.7 Å². The molecule has 0 radical (unpaired) electrons. The lowest BCUT2D eigenvalue weighted by atomic mass is 10.0. The Labute approximate surface area is 712 Å². The third-order valence-electron chi connectivity index (χ3n) is 19.3. The Bertz CT molecular complexity index is 6750. The van der Waals surface area contributed by atoms with Crippen LogP contribution in [0, 0.1) is 22.7 Å². The lowest BCUT2D eigenvalue weighted by Crippen LogP contribution is -2.12. The Morgan fingerprint density at radius 2 is 0.787 bits per heavy atom. The van der Waals surface area contributed by atoms with Gasteiger partial charge in [-0.25, -0.2) is 61.3 Å². The van der Waals surface area contributed by atoms with Gasteiger partial charge in [0, 0.05) is 25.8 Å². The Kier molecular flexibility index (Phi) is 27.8. The van der Waals surface area contributed by atoms with E-state index in [4.69, 9.17) is 10.00 Å². The summed E-state index contributed by atoms with van der Waals surface area (Å²) in [5.41, 5.74) is 2.18. The second kappa shape index (κ2) is 37.1. The molecule has 0 saturated heterocycles. The number of rotatable bonds is 25. The Morgan fingerprint density at radius 1 is 0.418 bits per heavy atom. The van der Waals surface area contributed by atoms with Gasteiger partial charge in [0.25, 0.3) is 0 Å². The van der Waals surface area contributed by atoms with Gasteiger partial charge < -0.3 is 25.2 Å². The van der Waals surface area contributed by atoms with E-state index >= 15 is 0 Å². The molecule has 0 atom stereocenters. The average molecular weight is 1840 g/mol. The van der Waals surface area contributed by atoms with Gasteiger partial charge in [0.2, 0.25) is 0 Å². The van der Waals surface area contributed by atoms with Gasteiger partial charge in [-0.1, -0.05) is 67.6 Å². The topological polar surface area (TPSA) is 377 Å². The quantitative estimate of drug-likeness (QED) is 0.0386. The molecule has 4 N–H and O–H groups in total. The molecule has 2 aliphatic carbocycles.